The summed E-state index contributed by atoms with van der Waals surface area (Å²) in [4.78, 5) is 36.1. The molecule has 132 valence electrons. The zero-order chi connectivity index (χ0) is 17.5. The molecule has 1 heterocycles. The average Bonchev–Trinajstić information content (AvgIpc) is 3.02. The van der Waals surface area contributed by atoms with Crippen LogP contribution in [0.1, 0.15) is 36.7 Å². The molecule has 2 rings (SSSR count). The Labute approximate surface area is 140 Å². The Kier molecular flexibility index (Phi) is 6.36. The van der Waals surface area contributed by atoms with E-state index in [2.05, 4.69) is 10.6 Å². The molecule has 24 heavy (non-hydrogen) atoms. The molecule has 3 N–H and O–H groups in total. The third-order valence-electron chi connectivity index (χ3n) is 4.12. The predicted octanol–water partition coefficient (Wildman–Crippen LogP) is 0.453. The van der Waals surface area contributed by atoms with Gasteiger partial charge < -0.3 is 20.2 Å². The topological polar surface area (TPSA) is 112 Å². The summed E-state index contributed by atoms with van der Waals surface area (Å²) in [6.45, 7) is 2.87. The first-order valence-electron chi connectivity index (χ1n) is 8.06. The van der Waals surface area contributed by atoms with E-state index in [0.29, 0.717) is 6.54 Å². The second kappa shape index (κ2) is 8.49. The number of aliphatic carboxylic acids is 1. The summed E-state index contributed by atoms with van der Waals surface area (Å²) in [6, 6.07) is 3.46. The smallest absolute Gasteiger partial charge is 0.317 e. The van der Waals surface area contributed by atoms with Gasteiger partial charge in [0.25, 0.3) is 5.91 Å². The normalized spacial score (nSPS) is 19.6. The average molecular weight is 337 g/mol. The van der Waals surface area contributed by atoms with Crippen molar-refractivity contribution in [3.8, 4) is 0 Å². The lowest BCUT2D eigenvalue weighted by atomic mass is 9.85. The monoisotopic (exact) mass is 337 g/mol. The molecule has 1 aliphatic rings. The summed E-state index contributed by atoms with van der Waals surface area (Å²) in [5.41, 5.74) is 0. The number of carbonyl (C=O) groups excluding carboxylic acids is 2. The highest BCUT2D eigenvalue weighted by atomic mass is 16.4. The zero-order valence-electron chi connectivity index (χ0n) is 13.7. The molecule has 1 saturated carbocycles. The van der Waals surface area contributed by atoms with Gasteiger partial charge >= 0.3 is 5.97 Å². The minimum atomic E-state index is -0.836. The maximum absolute atomic E-state index is 11.8. The fourth-order valence-corrected chi connectivity index (χ4v) is 2.76. The van der Waals surface area contributed by atoms with E-state index in [9.17, 15) is 14.4 Å². The van der Waals surface area contributed by atoms with Crippen LogP contribution in [0.4, 0.5) is 0 Å². The number of furan rings is 1. The molecule has 0 radical (unpaired) electrons. The van der Waals surface area contributed by atoms with Crippen LogP contribution in [0.2, 0.25) is 0 Å². The predicted molar refractivity (Wildman–Crippen MR) is 85.5 cm³/mol. The molecule has 1 aromatic heterocycles. The van der Waals surface area contributed by atoms with Crippen LogP contribution >= 0.6 is 0 Å². The molecular formula is C16H23N3O5. The maximum Gasteiger partial charge on any atom is 0.317 e. The second-order valence-electron chi connectivity index (χ2n) is 5.83. The highest BCUT2D eigenvalue weighted by Gasteiger charge is 2.34. The summed E-state index contributed by atoms with van der Waals surface area (Å²) in [7, 11) is 0. The van der Waals surface area contributed by atoms with Gasteiger partial charge in [-0.1, -0.05) is 6.92 Å². The third-order valence-corrected chi connectivity index (χ3v) is 4.12. The van der Waals surface area contributed by atoms with Crippen LogP contribution in [0, 0.1) is 0 Å². The molecule has 1 fully saturated rings. The van der Waals surface area contributed by atoms with Crippen LogP contribution in [-0.4, -0.2) is 59.5 Å². The van der Waals surface area contributed by atoms with Gasteiger partial charge in [-0.25, -0.2) is 0 Å². The molecule has 1 aromatic rings. The lowest BCUT2D eigenvalue weighted by Gasteiger charge is -2.42. The Hall–Kier alpha value is -2.35. The van der Waals surface area contributed by atoms with Gasteiger partial charge in [0, 0.05) is 25.0 Å². The Balaban J connectivity index is 1.60. The van der Waals surface area contributed by atoms with Crippen LogP contribution in [0.15, 0.2) is 22.8 Å². The molecule has 0 unspecified atom stereocenters. The van der Waals surface area contributed by atoms with Gasteiger partial charge in [0.15, 0.2) is 5.76 Å². The van der Waals surface area contributed by atoms with Crippen molar-refractivity contribution in [2.75, 3.05) is 19.6 Å². The summed E-state index contributed by atoms with van der Waals surface area (Å²) in [5.74, 6) is -1.09. The molecule has 0 aliphatic heterocycles. The fraction of sp³-hybridized carbons (Fsp3) is 0.562. The molecule has 8 heteroatoms. The molecule has 0 bridgehead atoms. The van der Waals surface area contributed by atoms with Gasteiger partial charge in [-0.15, -0.1) is 0 Å². The zero-order valence-corrected chi connectivity index (χ0v) is 13.7. The number of likely N-dealkylation sites (N-methyl/N-ethyl adjacent to an activating group) is 1. The number of carboxylic acids is 1. The van der Waals surface area contributed by atoms with Gasteiger partial charge in [-0.2, -0.15) is 0 Å². The lowest BCUT2D eigenvalue weighted by molar-refractivity contribution is -0.139. The van der Waals surface area contributed by atoms with Crippen molar-refractivity contribution in [3.05, 3.63) is 24.2 Å². The molecule has 1 aliphatic carbocycles. The van der Waals surface area contributed by atoms with Gasteiger partial charge in [0.2, 0.25) is 5.91 Å². The van der Waals surface area contributed by atoms with E-state index in [4.69, 9.17) is 9.52 Å². The molecule has 0 atom stereocenters. The number of hydrogen-bond donors (Lipinski definition) is 3. The van der Waals surface area contributed by atoms with E-state index in [1.807, 2.05) is 11.8 Å². The number of hydrogen-bond acceptors (Lipinski definition) is 5. The quantitative estimate of drug-likeness (QED) is 0.603. The maximum atomic E-state index is 11.8. The van der Waals surface area contributed by atoms with Gasteiger partial charge in [0.1, 0.15) is 0 Å². The van der Waals surface area contributed by atoms with Crippen LogP contribution in [0.25, 0.3) is 0 Å². The van der Waals surface area contributed by atoms with E-state index in [1.165, 1.54) is 6.26 Å². The van der Waals surface area contributed by atoms with Crippen molar-refractivity contribution < 1.29 is 23.9 Å². The van der Waals surface area contributed by atoms with Crippen LogP contribution in [0.3, 0.4) is 0 Å². The molecule has 0 aromatic carbocycles. The largest absolute Gasteiger partial charge is 0.480 e. The van der Waals surface area contributed by atoms with Crippen molar-refractivity contribution in [3.63, 3.8) is 0 Å². The number of carboxylic acid groups (broad SMARTS) is 1. The first-order valence-corrected chi connectivity index (χ1v) is 8.06. The van der Waals surface area contributed by atoms with E-state index < -0.39 is 5.97 Å². The summed E-state index contributed by atoms with van der Waals surface area (Å²) < 4.78 is 4.96. The van der Waals surface area contributed by atoms with Crippen molar-refractivity contribution in [1.82, 2.24) is 15.5 Å². The van der Waals surface area contributed by atoms with Crippen LogP contribution in [-0.2, 0) is 9.59 Å². The number of carbonyl (C=O) groups is 3. The highest BCUT2D eigenvalue weighted by molar-refractivity contribution is 5.91. The number of rotatable bonds is 9. The molecule has 2 amide bonds. The minimum absolute atomic E-state index is 0.0284. The Morgan fingerprint density at radius 1 is 1.38 bits per heavy atom. The standard InChI is InChI=1S/C16H23N3O5/c1-2-19(10-15(21)22)12-8-11(9-12)18-14(20)5-6-17-16(23)13-4-3-7-24-13/h3-4,7,11-12H,2,5-6,8-10H2,1H3,(H,17,23)(H,18,20)(H,21,22). The Bertz CT molecular complexity index is 566. The van der Waals surface area contributed by atoms with Crippen molar-refractivity contribution in [2.45, 2.75) is 38.3 Å². The lowest BCUT2D eigenvalue weighted by Crippen LogP contribution is -2.55. The van der Waals surface area contributed by atoms with E-state index in [0.717, 1.165) is 12.8 Å². The van der Waals surface area contributed by atoms with E-state index in [1.54, 1.807) is 12.1 Å². The van der Waals surface area contributed by atoms with Crippen molar-refractivity contribution in [2.24, 2.45) is 0 Å². The Morgan fingerprint density at radius 3 is 2.71 bits per heavy atom. The van der Waals surface area contributed by atoms with Gasteiger partial charge in [0.05, 0.1) is 12.8 Å². The van der Waals surface area contributed by atoms with Crippen molar-refractivity contribution >= 4 is 17.8 Å². The molecule has 8 nitrogen and oxygen atoms in total. The first-order chi connectivity index (χ1) is 11.5. The van der Waals surface area contributed by atoms with Crippen LogP contribution in [0.5, 0.6) is 0 Å². The molecular weight excluding hydrogens is 314 g/mol. The van der Waals surface area contributed by atoms with Gasteiger partial charge in [-0.3, -0.25) is 19.3 Å². The molecule has 0 saturated heterocycles. The van der Waals surface area contributed by atoms with E-state index in [-0.39, 0.29) is 49.2 Å². The SMILES string of the molecule is CCN(CC(=O)O)C1CC(NC(=O)CCNC(=O)c2ccco2)C1. The van der Waals surface area contributed by atoms with E-state index >= 15 is 0 Å². The highest BCUT2D eigenvalue weighted by Crippen LogP contribution is 2.25. The number of nitrogens with zero attached hydrogens (tertiary/aromatic N) is 1. The second-order valence-corrected chi connectivity index (χ2v) is 5.83. The summed E-state index contributed by atoms with van der Waals surface area (Å²) in [6.07, 6.45) is 3.12. The van der Waals surface area contributed by atoms with Gasteiger partial charge in [-0.05, 0) is 31.5 Å². The summed E-state index contributed by atoms with van der Waals surface area (Å²) in [5, 5.41) is 14.4. The number of amides is 2. The summed E-state index contributed by atoms with van der Waals surface area (Å²) >= 11 is 0. The fourth-order valence-electron chi connectivity index (χ4n) is 2.76. The first kappa shape index (κ1) is 18.0. The third kappa shape index (κ3) is 5.09. The van der Waals surface area contributed by atoms with Crippen molar-refractivity contribution in [1.29, 1.82) is 0 Å². The number of nitrogens with one attached hydrogen (secondary N) is 2. The minimum Gasteiger partial charge on any atom is -0.480 e. The Morgan fingerprint density at radius 2 is 2.12 bits per heavy atom. The van der Waals surface area contributed by atoms with Crippen LogP contribution < -0.4 is 10.6 Å². The molecule has 0 spiro atoms.